The number of benzene rings is 1. The second-order valence-corrected chi connectivity index (χ2v) is 3.60. The van der Waals surface area contributed by atoms with Crippen LogP contribution in [-0.2, 0) is 17.9 Å². The monoisotopic (exact) mass is 243 g/mol. The van der Waals surface area contributed by atoms with E-state index in [0.29, 0.717) is 18.0 Å². The molecule has 1 heterocycles. The molecule has 0 aliphatic carbocycles. The van der Waals surface area contributed by atoms with Gasteiger partial charge in [-0.1, -0.05) is 12.1 Å². The van der Waals surface area contributed by atoms with Crippen LogP contribution < -0.4 is 4.74 Å². The number of aromatic nitrogens is 2. The van der Waals surface area contributed by atoms with Crippen molar-refractivity contribution >= 4 is 11.8 Å². The highest BCUT2D eigenvalue weighted by molar-refractivity contribution is 5.57. The molecule has 2 aromatic rings. The van der Waals surface area contributed by atoms with Crippen molar-refractivity contribution in [1.82, 2.24) is 9.78 Å². The predicted molar refractivity (Wildman–Crippen MR) is 66.5 cm³/mol. The lowest BCUT2D eigenvalue weighted by Crippen LogP contribution is -2.05. The van der Waals surface area contributed by atoms with E-state index >= 15 is 0 Å². The molecular weight excluding hydrogens is 230 g/mol. The van der Waals surface area contributed by atoms with Gasteiger partial charge in [-0.05, 0) is 25.1 Å². The van der Waals surface area contributed by atoms with Gasteiger partial charge in [0.2, 0.25) is 6.08 Å². The SMILES string of the molecule is CCn1nccc1COc1ccccc1N=C=O. The zero-order valence-corrected chi connectivity index (χ0v) is 10.0. The van der Waals surface area contributed by atoms with Crippen molar-refractivity contribution in [1.29, 1.82) is 0 Å². The number of hydrogen-bond acceptors (Lipinski definition) is 4. The van der Waals surface area contributed by atoms with Crippen LogP contribution in [0.1, 0.15) is 12.6 Å². The third-order valence-corrected chi connectivity index (χ3v) is 2.51. The van der Waals surface area contributed by atoms with Crippen LogP contribution in [-0.4, -0.2) is 15.9 Å². The molecule has 0 N–H and O–H groups in total. The molecule has 18 heavy (non-hydrogen) atoms. The quantitative estimate of drug-likeness (QED) is 0.598. The summed E-state index contributed by atoms with van der Waals surface area (Å²) < 4.78 is 7.50. The van der Waals surface area contributed by atoms with Gasteiger partial charge in [-0.25, -0.2) is 4.79 Å². The summed E-state index contributed by atoms with van der Waals surface area (Å²) in [6, 6.07) is 8.99. The standard InChI is InChI=1S/C13H13N3O2/c1-2-16-11(7-8-15-16)9-18-13-6-4-3-5-12(13)14-10-17/h3-8H,2,9H2,1H3. The van der Waals surface area contributed by atoms with Gasteiger partial charge in [-0.2, -0.15) is 10.1 Å². The Kier molecular flexibility index (Phi) is 3.89. The van der Waals surface area contributed by atoms with Gasteiger partial charge in [-0.3, -0.25) is 4.68 Å². The third kappa shape index (κ3) is 2.64. The van der Waals surface area contributed by atoms with Crippen LogP contribution >= 0.6 is 0 Å². The van der Waals surface area contributed by atoms with E-state index in [-0.39, 0.29) is 0 Å². The van der Waals surface area contributed by atoms with E-state index in [1.807, 2.05) is 23.7 Å². The molecule has 0 unspecified atom stereocenters. The van der Waals surface area contributed by atoms with Crippen molar-refractivity contribution in [2.75, 3.05) is 0 Å². The maximum absolute atomic E-state index is 10.3. The van der Waals surface area contributed by atoms with Crippen LogP contribution in [0.4, 0.5) is 5.69 Å². The van der Waals surface area contributed by atoms with E-state index < -0.39 is 0 Å². The summed E-state index contributed by atoms with van der Waals surface area (Å²) in [5, 5.41) is 4.16. The van der Waals surface area contributed by atoms with Crippen molar-refractivity contribution in [2.24, 2.45) is 4.99 Å². The molecule has 0 amide bonds. The van der Waals surface area contributed by atoms with Gasteiger partial charge in [0.15, 0.2) is 0 Å². The van der Waals surface area contributed by atoms with E-state index in [4.69, 9.17) is 4.74 Å². The summed E-state index contributed by atoms with van der Waals surface area (Å²) in [5.74, 6) is 0.560. The van der Waals surface area contributed by atoms with Gasteiger partial charge < -0.3 is 4.74 Å². The van der Waals surface area contributed by atoms with E-state index in [0.717, 1.165) is 12.2 Å². The van der Waals surface area contributed by atoms with Crippen LogP contribution in [0.25, 0.3) is 0 Å². The van der Waals surface area contributed by atoms with Crippen LogP contribution in [0.3, 0.4) is 0 Å². The highest BCUT2D eigenvalue weighted by Crippen LogP contribution is 2.26. The fourth-order valence-electron chi connectivity index (χ4n) is 1.64. The number of isocyanates is 1. The maximum Gasteiger partial charge on any atom is 0.240 e. The van der Waals surface area contributed by atoms with Crippen molar-refractivity contribution in [3.05, 3.63) is 42.2 Å². The fraction of sp³-hybridized carbons (Fsp3) is 0.231. The first kappa shape index (κ1) is 12.1. The number of carbonyl (C=O) groups excluding carboxylic acids is 1. The minimum absolute atomic E-state index is 0.388. The van der Waals surface area contributed by atoms with Crippen molar-refractivity contribution in [3.63, 3.8) is 0 Å². The average molecular weight is 243 g/mol. The van der Waals surface area contributed by atoms with Crippen LogP contribution in [0.5, 0.6) is 5.75 Å². The van der Waals surface area contributed by atoms with Gasteiger partial charge in [-0.15, -0.1) is 0 Å². The molecule has 1 aromatic carbocycles. The highest BCUT2D eigenvalue weighted by Gasteiger charge is 2.05. The fourth-order valence-corrected chi connectivity index (χ4v) is 1.64. The molecule has 0 radical (unpaired) electrons. The van der Waals surface area contributed by atoms with Gasteiger partial charge in [0.1, 0.15) is 18.0 Å². The summed E-state index contributed by atoms with van der Waals surface area (Å²) in [5.41, 5.74) is 1.46. The lowest BCUT2D eigenvalue weighted by atomic mass is 10.3. The largest absolute Gasteiger partial charge is 0.485 e. The van der Waals surface area contributed by atoms with E-state index in [1.165, 1.54) is 6.08 Å². The minimum Gasteiger partial charge on any atom is -0.485 e. The van der Waals surface area contributed by atoms with Gasteiger partial charge in [0, 0.05) is 12.7 Å². The van der Waals surface area contributed by atoms with Gasteiger partial charge in [0.25, 0.3) is 0 Å². The van der Waals surface area contributed by atoms with Gasteiger partial charge in [0.05, 0.1) is 5.69 Å². The maximum atomic E-state index is 10.3. The molecule has 0 saturated carbocycles. The Morgan fingerprint density at radius 2 is 2.22 bits per heavy atom. The molecule has 92 valence electrons. The van der Waals surface area contributed by atoms with E-state index in [2.05, 4.69) is 10.1 Å². The topological polar surface area (TPSA) is 56.5 Å². The van der Waals surface area contributed by atoms with E-state index in [1.54, 1.807) is 24.4 Å². The Balaban J connectivity index is 2.13. The first-order valence-electron chi connectivity index (χ1n) is 5.65. The Morgan fingerprint density at radius 1 is 1.39 bits per heavy atom. The molecule has 0 spiro atoms. The number of aliphatic imine (C=N–C) groups is 1. The summed E-state index contributed by atoms with van der Waals surface area (Å²) in [7, 11) is 0. The molecule has 2 rings (SSSR count). The lowest BCUT2D eigenvalue weighted by Gasteiger charge is -2.08. The number of para-hydroxylation sites is 2. The van der Waals surface area contributed by atoms with Crippen molar-refractivity contribution in [3.8, 4) is 5.75 Å². The summed E-state index contributed by atoms with van der Waals surface area (Å²) in [4.78, 5) is 13.9. The Bertz CT molecular complexity index is 571. The van der Waals surface area contributed by atoms with Crippen molar-refractivity contribution < 1.29 is 9.53 Å². The Morgan fingerprint density at radius 3 is 3.00 bits per heavy atom. The molecule has 0 aliphatic rings. The number of rotatable bonds is 5. The minimum atomic E-state index is 0.388. The number of nitrogens with zero attached hydrogens (tertiary/aromatic N) is 3. The molecular formula is C13H13N3O2. The Labute approximate surface area is 105 Å². The summed E-state index contributed by atoms with van der Waals surface area (Å²) in [6.45, 7) is 3.19. The molecule has 0 bridgehead atoms. The highest BCUT2D eigenvalue weighted by atomic mass is 16.5. The van der Waals surface area contributed by atoms with Gasteiger partial charge >= 0.3 is 0 Å². The second-order valence-electron chi connectivity index (χ2n) is 3.60. The number of ether oxygens (including phenoxy) is 1. The zero-order valence-electron chi connectivity index (χ0n) is 10.0. The molecule has 5 heteroatoms. The molecule has 0 saturated heterocycles. The van der Waals surface area contributed by atoms with Crippen LogP contribution in [0.2, 0.25) is 0 Å². The van der Waals surface area contributed by atoms with E-state index in [9.17, 15) is 4.79 Å². The van der Waals surface area contributed by atoms with Crippen LogP contribution in [0, 0.1) is 0 Å². The number of aryl methyl sites for hydroxylation is 1. The van der Waals surface area contributed by atoms with Crippen LogP contribution in [0.15, 0.2) is 41.5 Å². The average Bonchev–Trinajstić information content (AvgIpc) is 2.85. The first-order valence-corrected chi connectivity index (χ1v) is 5.65. The number of hydrogen-bond donors (Lipinski definition) is 0. The molecule has 5 nitrogen and oxygen atoms in total. The second kappa shape index (κ2) is 5.80. The smallest absolute Gasteiger partial charge is 0.240 e. The summed E-state index contributed by atoms with van der Waals surface area (Å²) >= 11 is 0. The molecule has 0 aliphatic heterocycles. The normalized spacial score (nSPS) is 9.83. The van der Waals surface area contributed by atoms with Crippen molar-refractivity contribution in [2.45, 2.75) is 20.1 Å². The zero-order chi connectivity index (χ0) is 12.8. The predicted octanol–water partition coefficient (Wildman–Crippen LogP) is 2.45. The first-order chi connectivity index (χ1) is 8.85. The molecule has 1 aromatic heterocycles. The third-order valence-electron chi connectivity index (χ3n) is 2.51. The molecule has 0 fully saturated rings. The molecule has 0 atom stereocenters. The summed E-state index contributed by atoms with van der Waals surface area (Å²) in [6.07, 6.45) is 3.25. The Hall–Kier alpha value is -2.39. The lowest BCUT2D eigenvalue weighted by molar-refractivity contribution is 0.293.